The van der Waals surface area contributed by atoms with Gasteiger partial charge in [0, 0.05) is 42.1 Å². The number of para-hydroxylation sites is 1. The second-order valence-electron chi connectivity index (χ2n) is 9.57. The number of carboxylic acids is 1. The highest BCUT2D eigenvalue weighted by atomic mass is 32.1. The molecule has 9 N–H and O–H groups in total. The van der Waals surface area contributed by atoms with E-state index < -0.39 is 53.8 Å². The molecule has 0 saturated heterocycles. The average Bonchev–Trinajstić information content (AvgIpc) is 3.36. The molecule has 1 aromatic heterocycles. The minimum Gasteiger partial charge on any atom is -0.480 e. The van der Waals surface area contributed by atoms with Crippen molar-refractivity contribution in [3.63, 3.8) is 0 Å². The van der Waals surface area contributed by atoms with Crippen LogP contribution in [-0.4, -0.2) is 69.6 Å². The summed E-state index contributed by atoms with van der Waals surface area (Å²) in [5.41, 5.74) is 13.2. The lowest BCUT2D eigenvalue weighted by Crippen LogP contribution is -2.58. The molecule has 4 amide bonds. The van der Waals surface area contributed by atoms with Gasteiger partial charge in [-0.2, -0.15) is 12.6 Å². The number of aliphatic carboxylic acids is 1. The molecule has 2 aromatic carbocycles. The fourth-order valence-corrected chi connectivity index (χ4v) is 4.48. The number of nitrogens with two attached hydrogens (primary N) is 2. The number of rotatable bonds is 15. The number of hydrogen-bond acceptors (Lipinski definition) is 7. The average molecular weight is 583 g/mol. The first-order valence-electron chi connectivity index (χ1n) is 13.0. The van der Waals surface area contributed by atoms with Crippen molar-refractivity contribution < 1.29 is 29.1 Å². The van der Waals surface area contributed by atoms with Gasteiger partial charge in [-0.25, -0.2) is 4.79 Å². The van der Waals surface area contributed by atoms with Crippen LogP contribution in [0.5, 0.6) is 0 Å². The van der Waals surface area contributed by atoms with Gasteiger partial charge in [-0.15, -0.1) is 0 Å². The zero-order valence-corrected chi connectivity index (χ0v) is 23.1. The van der Waals surface area contributed by atoms with Gasteiger partial charge in [0.2, 0.25) is 23.6 Å². The Hall–Kier alpha value is -4.36. The number of carboxylic acid groups (broad SMARTS) is 1. The maximum Gasteiger partial charge on any atom is 0.326 e. The van der Waals surface area contributed by atoms with Gasteiger partial charge in [0.15, 0.2) is 0 Å². The van der Waals surface area contributed by atoms with Crippen LogP contribution in [0, 0.1) is 0 Å². The Balaban J connectivity index is 1.79. The van der Waals surface area contributed by atoms with E-state index in [2.05, 4.69) is 33.6 Å². The molecule has 0 radical (unpaired) electrons. The van der Waals surface area contributed by atoms with E-state index in [1.54, 1.807) is 36.5 Å². The lowest BCUT2D eigenvalue weighted by Gasteiger charge is -2.24. The summed E-state index contributed by atoms with van der Waals surface area (Å²) in [5.74, 6) is -4.08. The molecule has 1 heterocycles. The Morgan fingerprint density at radius 3 is 2.10 bits per heavy atom. The fraction of sp³-hybridized carbons (Fsp3) is 0.321. The molecule has 0 fully saturated rings. The summed E-state index contributed by atoms with van der Waals surface area (Å²) in [6.07, 6.45) is 1.67. The van der Waals surface area contributed by atoms with Gasteiger partial charge in [-0.05, 0) is 23.6 Å². The molecule has 4 unspecified atom stereocenters. The number of aromatic amines is 1. The second-order valence-corrected chi connectivity index (χ2v) is 9.93. The normalized spacial score (nSPS) is 13.9. The maximum atomic E-state index is 13.5. The molecular formula is C28H34N6O6S. The molecular weight excluding hydrogens is 548 g/mol. The van der Waals surface area contributed by atoms with Gasteiger partial charge < -0.3 is 37.5 Å². The molecule has 3 rings (SSSR count). The number of carbonyl (C=O) groups excluding carboxylic acids is 4. The largest absolute Gasteiger partial charge is 0.480 e. The van der Waals surface area contributed by atoms with Crippen molar-refractivity contribution in [2.75, 3.05) is 5.75 Å². The Kier molecular flexibility index (Phi) is 11.3. The quantitative estimate of drug-likeness (QED) is 0.115. The number of H-pyrrole nitrogens is 1. The molecule has 0 bridgehead atoms. The van der Waals surface area contributed by atoms with Crippen LogP contribution in [0.15, 0.2) is 60.8 Å². The van der Waals surface area contributed by atoms with Crippen LogP contribution in [0.1, 0.15) is 24.0 Å². The van der Waals surface area contributed by atoms with Crippen molar-refractivity contribution in [1.29, 1.82) is 0 Å². The van der Waals surface area contributed by atoms with Crippen LogP contribution < -0.4 is 27.4 Å². The molecule has 3 aromatic rings. The standard InChI is InChI=1S/C28H34N6O6S/c29-19(10-11-24(30)35)25(36)34-23(15-41)27(38)32-21(13-17-14-31-20-9-5-4-8-18(17)20)26(37)33-22(28(39)40)12-16-6-2-1-3-7-16/h1-9,14,19,21-23,31,41H,10-13,15,29H2,(H2,30,35)(H,32,38)(H,33,37)(H,34,36)(H,39,40). The first-order valence-corrected chi connectivity index (χ1v) is 13.6. The Morgan fingerprint density at radius 2 is 1.44 bits per heavy atom. The minimum atomic E-state index is -1.25. The summed E-state index contributed by atoms with van der Waals surface area (Å²) in [6, 6.07) is 11.5. The number of aromatic nitrogens is 1. The minimum absolute atomic E-state index is 0.00827. The van der Waals surface area contributed by atoms with Crippen molar-refractivity contribution in [1.82, 2.24) is 20.9 Å². The van der Waals surface area contributed by atoms with Gasteiger partial charge >= 0.3 is 5.97 Å². The van der Waals surface area contributed by atoms with Gasteiger partial charge in [0.05, 0.1) is 6.04 Å². The van der Waals surface area contributed by atoms with E-state index in [0.717, 1.165) is 16.5 Å². The monoisotopic (exact) mass is 582 g/mol. The smallest absolute Gasteiger partial charge is 0.326 e. The van der Waals surface area contributed by atoms with Crippen LogP contribution in [0.4, 0.5) is 0 Å². The fourth-order valence-electron chi connectivity index (χ4n) is 4.23. The molecule has 0 spiro atoms. The van der Waals surface area contributed by atoms with Crippen LogP contribution >= 0.6 is 12.6 Å². The lowest BCUT2D eigenvalue weighted by atomic mass is 10.0. The summed E-state index contributed by atoms with van der Waals surface area (Å²) in [4.78, 5) is 65.3. The van der Waals surface area contributed by atoms with E-state index in [4.69, 9.17) is 11.5 Å². The first-order chi connectivity index (χ1) is 19.6. The van der Waals surface area contributed by atoms with E-state index in [-0.39, 0.29) is 31.4 Å². The van der Waals surface area contributed by atoms with Crippen LogP contribution in [0.25, 0.3) is 10.9 Å². The van der Waals surface area contributed by atoms with Crippen molar-refractivity contribution in [2.24, 2.45) is 11.5 Å². The third-order valence-electron chi connectivity index (χ3n) is 6.48. The molecule has 41 heavy (non-hydrogen) atoms. The van der Waals surface area contributed by atoms with Gasteiger partial charge in [-0.1, -0.05) is 48.5 Å². The molecule has 0 aliphatic heterocycles. The Bertz CT molecular complexity index is 1380. The predicted molar refractivity (Wildman–Crippen MR) is 156 cm³/mol. The summed E-state index contributed by atoms with van der Waals surface area (Å²) in [7, 11) is 0. The number of nitrogens with one attached hydrogen (secondary N) is 4. The Labute approximate surface area is 242 Å². The zero-order valence-electron chi connectivity index (χ0n) is 22.2. The number of primary amides is 1. The second kappa shape index (κ2) is 14.9. The summed E-state index contributed by atoms with van der Waals surface area (Å²) >= 11 is 4.16. The van der Waals surface area contributed by atoms with E-state index in [1.165, 1.54) is 0 Å². The van der Waals surface area contributed by atoms with Crippen LogP contribution in [0.3, 0.4) is 0 Å². The third kappa shape index (κ3) is 9.08. The van der Waals surface area contributed by atoms with Crippen molar-refractivity contribution in [3.05, 3.63) is 71.9 Å². The topological polar surface area (TPSA) is 209 Å². The first kappa shape index (κ1) is 31.2. The molecule has 0 aliphatic rings. The number of hydrogen-bond donors (Lipinski definition) is 8. The van der Waals surface area contributed by atoms with Crippen molar-refractivity contribution in [3.8, 4) is 0 Å². The number of carbonyl (C=O) groups is 5. The van der Waals surface area contributed by atoms with Crippen molar-refractivity contribution >= 4 is 53.1 Å². The van der Waals surface area contributed by atoms with Gasteiger partial charge in [0.1, 0.15) is 18.1 Å². The summed E-state index contributed by atoms with van der Waals surface area (Å²) in [6.45, 7) is 0. The molecule has 4 atom stereocenters. The number of amides is 4. The molecule has 0 saturated carbocycles. The van der Waals surface area contributed by atoms with E-state index in [9.17, 15) is 29.1 Å². The van der Waals surface area contributed by atoms with E-state index in [1.807, 2.05) is 24.3 Å². The number of fused-ring (bicyclic) bond motifs is 1. The molecule has 13 heteroatoms. The molecule has 218 valence electrons. The maximum absolute atomic E-state index is 13.5. The zero-order chi connectivity index (χ0) is 29.9. The Morgan fingerprint density at radius 1 is 0.829 bits per heavy atom. The van der Waals surface area contributed by atoms with Gasteiger partial charge in [-0.3, -0.25) is 19.2 Å². The highest BCUT2D eigenvalue weighted by molar-refractivity contribution is 7.80. The SMILES string of the molecule is NC(=O)CCC(N)C(=O)NC(CS)C(=O)NC(Cc1c[nH]c2ccccc12)C(=O)NC(Cc1ccccc1)C(=O)O. The number of thiol groups is 1. The molecule has 0 aliphatic carbocycles. The lowest BCUT2D eigenvalue weighted by molar-refractivity contribution is -0.142. The highest BCUT2D eigenvalue weighted by Gasteiger charge is 2.30. The predicted octanol–water partition coefficient (Wildman–Crippen LogP) is 0.0147. The summed E-state index contributed by atoms with van der Waals surface area (Å²) < 4.78 is 0. The van der Waals surface area contributed by atoms with E-state index >= 15 is 0 Å². The summed E-state index contributed by atoms with van der Waals surface area (Å²) in [5, 5.41) is 18.3. The van der Waals surface area contributed by atoms with Crippen molar-refractivity contribution in [2.45, 2.75) is 49.9 Å². The highest BCUT2D eigenvalue weighted by Crippen LogP contribution is 2.19. The van der Waals surface area contributed by atoms with Gasteiger partial charge in [0.25, 0.3) is 0 Å². The molecule has 12 nitrogen and oxygen atoms in total. The van der Waals surface area contributed by atoms with Crippen LogP contribution in [0.2, 0.25) is 0 Å². The third-order valence-corrected chi connectivity index (χ3v) is 6.85. The van der Waals surface area contributed by atoms with E-state index in [0.29, 0.717) is 5.56 Å². The van der Waals surface area contributed by atoms with Crippen LogP contribution in [-0.2, 0) is 36.8 Å². The number of benzene rings is 2.